The van der Waals surface area contributed by atoms with Gasteiger partial charge in [0.25, 0.3) is 0 Å². The van der Waals surface area contributed by atoms with Gasteiger partial charge < -0.3 is 24.8 Å². The second-order valence-electron chi connectivity index (χ2n) is 9.40. The minimum Gasteiger partial charge on any atom is -0.507 e. The predicted octanol–water partition coefficient (Wildman–Crippen LogP) is 3.26. The van der Waals surface area contributed by atoms with Gasteiger partial charge in [-0.2, -0.15) is 0 Å². The van der Waals surface area contributed by atoms with Crippen LogP contribution in [0.2, 0.25) is 0 Å². The molecular weight excluding hydrogens is 406 g/mol. The van der Waals surface area contributed by atoms with Gasteiger partial charge in [-0.3, -0.25) is 4.90 Å². The van der Waals surface area contributed by atoms with Crippen LogP contribution in [0, 0.1) is 0 Å². The molecule has 4 heterocycles. The van der Waals surface area contributed by atoms with E-state index in [-0.39, 0.29) is 5.75 Å². The molecule has 0 radical (unpaired) electrons. The van der Waals surface area contributed by atoms with E-state index in [2.05, 4.69) is 27.5 Å². The Morgan fingerprint density at radius 3 is 2.47 bits per heavy atom. The van der Waals surface area contributed by atoms with Crippen LogP contribution >= 0.6 is 0 Å². The van der Waals surface area contributed by atoms with Crippen molar-refractivity contribution in [3.63, 3.8) is 0 Å². The first-order valence-electron chi connectivity index (χ1n) is 11.3. The molecule has 5 rings (SSSR count). The van der Waals surface area contributed by atoms with Crippen molar-refractivity contribution in [3.8, 4) is 17.0 Å². The number of phenolic OH excluding ortho intramolecular Hbond substituents is 1. The summed E-state index contributed by atoms with van der Waals surface area (Å²) in [4.78, 5) is 3.89. The first-order valence-corrected chi connectivity index (χ1v) is 11.3. The maximum atomic E-state index is 10.6. The third-order valence-corrected chi connectivity index (χ3v) is 6.92. The third kappa shape index (κ3) is 3.94. The van der Waals surface area contributed by atoms with E-state index in [1.54, 1.807) is 31.1 Å². The van der Waals surface area contributed by atoms with E-state index in [1.807, 2.05) is 18.2 Å². The number of nitrogens with zero attached hydrogens (tertiary/aromatic N) is 4. The van der Waals surface area contributed by atoms with Crippen molar-refractivity contribution in [1.82, 2.24) is 20.4 Å². The molecule has 0 saturated carbocycles. The fourth-order valence-electron chi connectivity index (χ4n) is 5.08. The van der Waals surface area contributed by atoms with Gasteiger partial charge in [-0.15, -0.1) is 10.2 Å². The first-order chi connectivity index (χ1) is 15.4. The second-order valence-corrected chi connectivity index (χ2v) is 9.40. The maximum absolute atomic E-state index is 10.6. The van der Waals surface area contributed by atoms with E-state index in [9.17, 15) is 10.2 Å². The maximum Gasteiger partial charge on any atom is 0.165 e. The normalized spacial score (nSPS) is 24.1. The van der Waals surface area contributed by atoms with Crippen molar-refractivity contribution in [2.45, 2.75) is 56.5 Å². The number of aromatic nitrogens is 2. The third-order valence-electron chi connectivity index (χ3n) is 6.92. The van der Waals surface area contributed by atoms with Crippen molar-refractivity contribution in [2.75, 3.05) is 26.0 Å². The molecule has 3 aromatic rings. The van der Waals surface area contributed by atoms with Crippen molar-refractivity contribution < 1.29 is 14.6 Å². The second kappa shape index (κ2) is 8.35. The Hall–Kier alpha value is -2.68. The Kier molecular flexibility index (Phi) is 5.53. The lowest BCUT2D eigenvalue weighted by Crippen LogP contribution is -2.54. The number of anilines is 1. The largest absolute Gasteiger partial charge is 0.507 e. The number of piperidine rings is 2. The molecule has 2 aliphatic heterocycles. The highest BCUT2D eigenvalue weighted by molar-refractivity contribution is 5.87. The molecule has 2 unspecified atom stereocenters. The van der Waals surface area contributed by atoms with Crippen LogP contribution in [0.5, 0.6) is 5.75 Å². The number of furan rings is 1. The Morgan fingerprint density at radius 1 is 1.06 bits per heavy atom. The summed E-state index contributed by atoms with van der Waals surface area (Å²) >= 11 is 0. The monoisotopic (exact) mass is 437 g/mol. The number of hydrogen-bond acceptors (Lipinski definition) is 8. The zero-order valence-electron chi connectivity index (χ0n) is 18.8. The SMILES string of the molecule is CN(c1ccc(-c2cc3cc([C@@H](O)N(C)C)oc3cc2O)nn1)C1CC2CCCC(C1)N2. The average molecular weight is 438 g/mol. The van der Waals surface area contributed by atoms with Gasteiger partial charge in [0, 0.05) is 42.2 Å². The van der Waals surface area contributed by atoms with E-state index in [1.165, 1.54) is 19.3 Å². The molecule has 2 saturated heterocycles. The van der Waals surface area contributed by atoms with Gasteiger partial charge >= 0.3 is 0 Å². The highest BCUT2D eigenvalue weighted by Crippen LogP contribution is 2.36. The lowest BCUT2D eigenvalue weighted by Gasteiger charge is -2.43. The average Bonchev–Trinajstić information content (AvgIpc) is 3.20. The van der Waals surface area contributed by atoms with E-state index >= 15 is 0 Å². The van der Waals surface area contributed by atoms with Gasteiger partial charge in [0.15, 0.2) is 12.0 Å². The van der Waals surface area contributed by atoms with E-state index in [0.29, 0.717) is 40.7 Å². The van der Waals surface area contributed by atoms with Gasteiger partial charge in [-0.05, 0) is 64.0 Å². The molecule has 2 bridgehead atoms. The molecule has 0 amide bonds. The number of benzene rings is 1. The van der Waals surface area contributed by atoms with Crippen LogP contribution < -0.4 is 10.2 Å². The van der Waals surface area contributed by atoms with Crippen molar-refractivity contribution >= 4 is 16.8 Å². The van der Waals surface area contributed by atoms with Gasteiger partial charge in [0.2, 0.25) is 0 Å². The highest BCUT2D eigenvalue weighted by atomic mass is 16.4. The lowest BCUT2D eigenvalue weighted by atomic mass is 9.83. The summed E-state index contributed by atoms with van der Waals surface area (Å²) in [6.07, 6.45) is 5.26. The fraction of sp³-hybridized carbons (Fsp3) is 0.500. The topological polar surface area (TPSA) is 97.9 Å². The zero-order valence-corrected chi connectivity index (χ0v) is 18.8. The van der Waals surface area contributed by atoms with Crippen molar-refractivity contribution in [1.29, 1.82) is 0 Å². The number of phenols is 1. The minimum absolute atomic E-state index is 0.0688. The van der Waals surface area contributed by atoms with Crippen molar-refractivity contribution in [2.24, 2.45) is 0 Å². The molecule has 2 fully saturated rings. The van der Waals surface area contributed by atoms with Crippen LogP contribution in [0.1, 0.15) is 44.1 Å². The van der Waals surface area contributed by atoms with Crippen LogP contribution in [0.4, 0.5) is 5.82 Å². The number of rotatable bonds is 5. The molecule has 3 atom stereocenters. The molecule has 32 heavy (non-hydrogen) atoms. The minimum atomic E-state index is -0.850. The summed E-state index contributed by atoms with van der Waals surface area (Å²) in [5, 5.41) is 34.2. The smallest absolute Gasteiger partial charge is 0.165 e. The Morgan fingerprint density at radius 2 is 1.81 bits per heavy atom. The van der Waals surface area contributed by atoms with Crippen LogP contribution in [-0.2, 0) is 0 Å². The van der Waals surface area contributed by atoms with Crippen LogP contribution in [0.3, 0.4) is 0 Å². The van der Waals surface area contributed by atoms with E-state index < -0.39 is 6.23 Å². The number of aliphatic hydroxyl groups is 1. The van der Waals surface area contributed by atoms with Gasteiger partial charge in [0.1, 0.15) is 17.1 Å². The molecule has 1 aromatic carbocycles. The summed E-state index contributed by atoms with van der Waals surface area (Å²) in [5.74, 6) is 1.34. The van der Waals surface area contributed by atoms with Crippen LogP contribution in [0.25, 0.3) is 22.2 Å². The molecule has 0 spiro atoms. The summed E-state index contributed by atoms with van der Waals surface area (Å²) in [6, 6.07) is 10.7. The molecular formula is C24H31N5O3. The zero-order chi connectivity index (χ0) is 22.4. The molecule has 8 heteroatoms. The van der Waals surface area contributed by atoms with E-state index in [0.717, 1.165) is 24.0 Å². The highest BCUT2D eigenvalue weighted by Gasteiger charge is 2.33. The number of aromatic hydroxyl groups is 1. The molecule has 2 aromatic heterocycles. The summed E-state index contributed by atoms with van der Waals surface area (Å²) in [7, 11) is 5.64. The number of aliphatic hydroxyl groups excluding tert-OH is 1. The summed E-state index contributed by atoms with van der Waals surface area (Å²) in [5.41, 5.74) is 1.70. The number of hydrogen-bond donors (Lipinski definition) is 3. The molecule has 3 N–H and O–H groups in total. The van der Waals surface area contributed by atoms with Crippen LogP contribution in [-0.4, -0.2) is 64.6 Å². The molecule has 8 nitrogen and oxygen atoms in total. The number of nitrogens with one attached hydrogen (secondary N) is 1. The van der Waals surface area contributed by atoms with Gasteiger partial charge in [0.05, 0.1) is 5.69 Å². The standard InChI is InChI=1S/C24H31N5O3/c1-28(2)24(31)22-10-14-9-18(20(30)13-21(14)32-22)19-7-8-23(27-26-19)29(3)17-11-15-5-4-6-16(12-17)25-15/h7-10,13,15-17,24-25,30-31H,4-6,11-12H2,1-3H3/t15?,16?,17?,24-/m1/s1. The lowest BCUT2D eigenvalue weighted by molar-refractivity contribution is 0.0221. The van der Waals surface area contributed by atoms with Gasteiger partial charge in [-0.1, -0.05) is 6.42 Å². The summed E-state index contributed by atoms with van der Waals surface area (Å²) < 4.78 is 5.71. The first kappa shape index (κ1) is 21.2. The Bertz CT molecular complexity index is 1080. The summed E-state index contributed by atoms with van der Waals surface area (Å²) in [6.45, 7) is 0. The van der Waals surface area contributed by atoms with E-state index in [4.69, 9.17) is 4.42 Å². The predicted molar refractivity (Wildman–Crippen MR) is 124 cm³/mol. The Balaban J connectivity index is 1.38. The fourth-order valence-corrected chi connectivity index (χ4v) is 5.08. The molecule has 170 valence electrons. The van der Waals surface area contributed by atoms with Crippen molar-refractivity contribution in [3.05, 3.63) is 36.1 Å². The van der Waals surface area contributed by atoms with Gasteiger partial charge in [-0.25, -0.2) is 0 Å². The molecule has 2 aliphatic rings. The number of fused-ring (bicyclic) bond motifs is 3. The quantitative estimate of drug-likeness (QED) is 0.524. The van der Waals surface area contributed by atoms with Crippen LogP contribution in [0.15, 0.2) is 34.7 Å². The molecule has 0 aliphatic carbocycles. The Labute approximate surface area is 187 Å².